The normalized spacial score (nSPS) is 16.7. The predicted octanol–water partition coefficient (Wildman–Crippen LogP) is 2.76. The molecule has 5 heterocycles. The van der Waals surface area contributed by atoms with Crippen LogP contribution in [0.15, 0.2) is 30.6 Å². The fourth-order valence-corrected chi connectivity index (χ4v) is 4.67. The van der Waals surface area contributed by atoms with E-state index in [4.69, 9.17) is 0 Å². The van der Waals surface area contributed by atoms with Crippen LogP contribution in [0.5, 0.6) is 0 Å². The average molecular weight is 463 g/mol. The number of pyridine rings is 1. The zero-order valence-electron chi connectivity index (χ0n) is 18.8. The molecule has 1 fully saturated rings. The number of likely N-dealkylation sites (N-methyl/N-ethyl adjacent to an activating group) is 1. The molecule has 1 saturated heterocycles. The molecule has 174 valence electrons. The second-order valence-corrected chi connectivity index (χ2v) is 8.83. The monoisotopic (exact) mass is 462 g/mol. The predicted molar refractivity (Wildman–Crippen MR) is 125 cm³/mol. The largest absolute Gasteiger partial charge is 0.354 e. The van der Waals surface area contributed by atoms with Crippen LogP contribution in [0.1, 0.15) is 11.1 Å². The van der Waals surface area contributed by atoms with Crippen LogP contribution >= 0.6 is 0 Å². The molecule has 10 heteroatoms. The number of aromatic nitrogens is 5. The number of hydrogen-bond donors (Lipinski definition) is 2. The lowest BCUT2D eigenvalue weighted by Crippen LogP contribution is -2.44. The zero-order valence-corrected chi connectivity index (χ0v) is 18.8. The summed E-state index contributed by atoms with van der Waals surface area (Å²) in [6, 6.07) is 5.25. The fourth-order valence-electron chi connectivity index (χ4n) is 4.67. The minimum absolute atomic E-state index is 0.00636. The Balaban J connectivity index is 1.41. The molecule has 2 N–H and O–H groups in total. The van der Waals surface area contributed by atoms with Gasteiger partial charge in [0.2, 0.25) is 0 Å². The molecule has 2 aliphatic heterocycles. The topological polar surface area (TPSA) is 85.9 Å². The Labute approximate surface area is 195 Å². The van der Waals surface area contributed by atoms with Gasteiger partial charge < -0.3 is 15.1 Å². The van der Waals surface area contributed by atoms with E-state index in [1.54, 1.807) is 6.20 Å². The Morgan fingerprint density at radius 3 is 2.76 bits per heavy atom. The highest BCUT2D eigenvalue weighted by molar-refractivity contribution is 5.90. The Kier molecular flexibility index (Phi) is 5.19. The van der Waals surface area contributed by atoms with E-state index in [-0.39, 0.29) is 11.4 Å². The summed E-state index contributed by atoms with van der Waals surface area (Å²) in [6.07, 6.45) is 3.86. The van der Waals surface area contributed by atoms with E-state index in [1.807, 2.05) is 12.1 Å². The molecule has 1 aromatic carbocycles. The first kappa shape index (κ1) is 21.1. The van der Waals surface area contributed by atoms with Crippen molar-refractivity contribution in [1.29, 1.82) is 0 Å². The minimum Gasteiger partial charge on any atom is -0.354 e. The molecule has 0 unspecified atom stereocenters. The van der Waals surface area contributed by atoms with Gasteiger partial charge in [-0.2, -0.15) is 5.10 Å². The first-order chi connectivity index (χ1) is 16.6. The van der Waals surface area contributed by atoms with Gasteiger partial charge in [0, 0.05) is 50.0 Å². The van der Waals surface area contributed by atoms with Crippen LogP contribution in [0, 0.1) is 11.6 Å². The Bertz CT molecular complexity index is 1380. The van der Waals surface area contributed by atoms with Crippen LogP contribution in [0.3, 0.4) is 0 Å². The van der Waals surface area contributed by atoms with Gasteiger partial charge in [0.15, 0.2) is 5.82 Å². The molecule has 8 nitrogen and oxygen atoms in total. The second kappa shape index (κ2) is 8.37. The lowest BCUT2D eigenvalue weighted by molar-refractivity contribution is 0.312. The molecule has 6 rings (SSSR count). The highest BCUT2D eigenvalue weighted by Crippen LogP contribution is 2.32. The van der Waals surface area contributed by atoms with E-state index in [1.165, 1.54) is 12.3 Å². The van der Waals surface area contributed by atoms with Gasteiger partial charge in [-0.3, -0.25) is 5.10 Å². The molecule has 0 spiro atoms. The van der Waals surface area contributed by atoms with Crippen molar-refractivity contribution in [2.75, 3.05) is 44.7 Å². The third-order valence-corrected chi connectivity index (χ3v) is 6.66. The molecule has 0 atom stereocenters. The van der Waals surface area contributed by atoms with Crippen LogP contribution in [-0.2, 0) is 13.0 Å². The van der Waals surface area contributed by atoms with Crippen LogP contribution < -0.4 is 10.2 Å². The molecular weight excluding hydrogens is 438 g/mol. The highest BCUT2D eigenvalue weighted by atomic mass is 19.1. The summed E-state index contributed by atoms with van der Waals surface area (Å²) in [5.41, 5.74) is 3.49. The summed E-state index contributed by atoms with van der Waals surface area (Å²) in [7, 11) is 2.11. The molecular formula is C24H24F2N8. The van der Waals surface area contributed by atoms with Crippen molar-refractivity contribution in [1.82, 2.24) is 35.4 Å². The molecule has 2 aliphatic rings. The van der Waals surface area contributed by atoms with Crippen molar-refractivity contribution < 1.29 is 8.78 Å². The lowest BCUT2D eigenvalue weighted by Gasteiger charge is -2.33. The standard InChI is InChI=1S/C24H24F2N8/c1-33-6-8-34(9-7-33)19-11-15(3-5-28-19)22-23-18(31-32-22)13-29-24(30-23)20-17(25)10-14-2-4-27-12-16(14)21(20)26/h3,5,10-11,13,27H,2,4,6-9,12H2,1H3,(H,31,32). The first-order valence-electron chi connectivity index (χ1n) is 11.4. The number of rotatable bonds is 3. The lowest BCUT2D eigenvalue weighted by atomic mass is 9.96. The number of nitrogens with zero attached hydrogens (tertiary/aromatic N) is 6. The fraction of sp³-hybridized carbons (Fsp3) is 0.333. The van der Waals surface area contributed by atoms with Crippen molar-refractivity contribution >= 4 is 16.9 Å². The molecule has 0 bridgehead atoms. The Hall–Kier alpha value is -3.50. The van der Waals surface area contributed by atoms with E-state index in [2.05, 4.69) is 47.3 Å². The Morgan fingerprint density at radius 2 is 1.91 bits per heavy atom. The number of piperazine rings is 1. The maximum absolute atomic E-state index is 15.3. The minimum atomic E-state index is -0.649. The summed E-state index contributed by atoms with van der Waals surface area (Å²) in [4.78, 5) is 17.9. The number of anilines is 1. The van der Waals surface area contributed by atoms with E-state index in [0.717, 1.165) is 37.6 Å². The highest BCUT2D eigenvalue weighted by Gasteiger charge is 2.24. The number of H-pyrrole nitrogens is 1. The van der Waals surface area contributed by atoms with Gasteiger partial charge in [0.1, 0.15) is 34.2 Å². The van der Waals surface area contributed by atoms with Crippen molar-refractivity contribution in [2.24, 2.45) is 0 Å². The van der Waals surface area contributed by atoms with Crippen molar-refractivity contribution in [3.63, 3.8) is 0 Å². The molecule has 0 saturated carbocycles. The number of halogens is 2. The number of aromatic amines is 1. The van der Waals surface area contributed by atoms with Crippen molar-refractivity contribution in [2.45, 2.75) is 13.0 Å². The van der Waals surface area contributed by atoms with Crippen LogP contribution in [0.2, 0.25) is 0 Å². The zero-order chi connectivity index (χ0) is 23.2. The van der Waals surface area contributed by atoms with Crippen molar-refractivity contribution in [3.8, 4) is 22.6 Å². The van der Waals surface area contributed by atoms with Gasteiger partial charge in [0.05, 0.1) is 11.8 Å². The van der Waals surface area contributed by atoms with Gasteiger partial charge in [-0.1, -0.05) is 0 Å². The van der Waals surface area contributed by atoms with Crippen molar-refractivity contribution in [3.05, 3.63) is 53.4 Å². The SMILES string of the molecule is CN1CCN(c2cc(-c3n[nH]c4cnc(-c5c(F)cc6c(c5F)CNCC6)nc34)ccn2)CC1. The number of benzene rings is 1. The molecule has 0 amide bonds. The molecule has 0 aliphatic carbocycles. The number of hydrogen-bond acceptors (Lipinski definition) is 7. The average Bonchev–Trinajstić information content (AvgIpc) is 3.28. The van der Waals surface area contributed by atoms with E-state index < -0.39 is 11.6 Å². The number of nitrogens with one attached hydrogen (secondary N) is 2. The van der Waals surface area contributed by atoms with Gasteiger partial charge in [-0.15, -0.1) is 0 Å². The third-order valence-electron chi connectivity index (χ3n) is 6.66. The third kappa shape index (κ3) is 3.59. The maximum Gasteiger partial charge on any atom is 0.165 e. The van der Waals surface area contributed by atoms with Gasteiger partial charge >= 0.3 is 0 Å². The summed E-state index contributed by atoms with van der Waals surface area (Å²) >= 11 is 0. The van der Waals surface area contributed by atoms with Crippen LogP contribution in [0.4, 0.5) is 14.6 Å². The summed E-state index contributed by atoms with van der Waals surface area (Å²) < 4.78 is 30.3. The maximum atomic E-state index is 15.3. The van der Waals surface area contributed by atoms with Crippen LogP contribution in [0.25, 0.3) is 33.7 Å². The summed E-state index contributed by atoms with van der Waals surface area (Å²) in [5.74, 6) is -0.376. The van der Waals surface area contributed by atoms with Gasteiger partial charge in [-0.25, -0.2) is 23.7 Å². The molecule has 0 radical (unpaired) electrons. The van der Waals surface area contributed by atoms with E-state index >= 15 is 4.39 Å². The second-order valence-electron chi connectivity index (χ2n) is 8.83. The van der Waals surface area contributed by atoms with E-state index in [0.29, 0.717) is 47.4 Å². The quantitative estimate of drug-likeness (QED) is 0.484. The molecule has 4 aromatic rings. The van der Waals surface area contributed by atoms with Gasteiger partial charge in [0.25, 0.3) is 0 Å². The number of fused-ring (bicyclic) bond motifs is 2. The molecule has 34 heavy (non-hydrogen) atoms. The summed E-state index contributed by atoms with van der Waals surface area (Å²) in [5, 5.41) is 10.5. The Morgan fingerprint density at radius 1 is 1.06 bits per heavy atom. The molecule has 3 aromatic heterocycles. The first-order valence-corrected chi connectivity index (χ1v) is 11.4. The smallest absolute Gasteiger partial charge is 0.165 e. The van der Waals surface area contributed by atoms with Crippen LogP contribution in [-0.4, -0.2) is 69.8 Å². The van der Waals surface area contributed by atoms with E-state index in [9.17, 15) is 4.39 Å². The summed E-state index contributed by atoms with van der Waals surface area (Å²) in [6.45, 7) is 4.80. The van der Waals surface area contributed by atoms with Gasteiger partial charge in [-0.05, 0) is 43.8 Å².